The normalized spacial score (nSPS) is 11.3. The molecule has 1 aromatic carbocycles. The highest BCUT2D eigenvalue weighted by Gasteiger charge is 2.04. The van der Waals surface area contributed by atoms with Crippen LogP contribution in [0.5, 0.6) is 5.75 Å². The zero-order valence-electron chi connectivity index (χ0n) is 16.9. The van der Waals surface area contributed by atoms with E-state index in [9.17, 15) is 4.39 Å². The van der Waals surface area contributed by atoms with Crippen molar-refractivity contribution in [3.05, 3.63) is 89.9 Å². The summed E-state index contributed by atoms with van der Waals surface area (Å²) in [5.41, 5.74) is 2.15. The molecule has 0 saturated heterocycles. The molecule has 4 aromatic rings. The van der Waals surface area contributed by atoms with E-state index in [2.05, 4.69) is 32.4 Å². The number of hydrogen-bond donors (Lipinski definition) is 0. The summed E-state index contributed by atoms with van der Waals surface area (Å²) in [5.74, 6) is 0.736. The summed E-state index contributed by atoms with van der Waals surface area (Å²) < 4.78 is 26.6. The van der Waals surface area contributed by atoms with E-state index in [0.717, 1.165) is 31.6 Å². The van der Waals surface area contributed by atoms with Crippen LogP contribution in [0.15, 0.2) is 65.7 Å². The number of hydrogen-bond acceptors (Lipinski definition) is 6. The zero-order valence-corrected chi connectivity index (χ0v) is 16.9. The maximum atomic E-state index is 13.6. The lowest BCUT2D eigenvalue weighted by Gasteiger charge is -2.06. The minimum Gasteiger partial charge on any atom is -0.487 e. The standard InChI is InChI=1S/C23H22FN5O2/c24-21-5-3-12-25-22(21)10-11-23-27-19(17-31-23)16-30-20-8-6-18(7-9-20)4-1-2-14-29-15-13-26-28-29/h3,5-13,15,17H,1-2,4,14,16H2/b11-10+. The summed E-state index contributed by atoms with van der Waals surface area (Å²) >= 11 is 0. The minimum atomic E-state index is -0.396. The third-order valence-electron chi connectivity index (χ3n) is 4.62. The van der Waals surface area contributed by atoms with Crippen LogP contribution in [0.4, 0.5) is 4.39 Å². The average molecular weight is 419 g/mol. The topological polar surface area (TPSA) is 78.9 Å². The highest BCUT2D eigenvalue weighted by molar-refractivity contribution is 5.64. The lowest BCUT2D eigenvalue weighted by molar-refractivity contribution is 0.301. The molecule has 0 saturated carbocycles. The minimum absolute atomic E-state index is 0.233. The van der Waals surface area contributed by atoms with Gasteiger partial charge in [-0.05, 0) is 55.2 Å². The monoisotopic (exact) mass is 419 g/mol. The molecule has 0 fully saturated rings. The van der Waals surface area contributed by atoms with Gasteiger partial charge < -0.3 is 9.15 Å². The quantitative estimate of drug-likeness (QED) is 0.350. The molecule has 0 unspecified atom stereocenters. The van der Waals surface area contributed by atoms with Crippen molar-refractivity contribution >= 4 is 12.2 Å². The van der Waals surface area contributed by atoms with Crippen LogP contribution >= 0.6 is 0 Å². The molecule has 0 radical (unpaired) electrons. The molecule has 0 aliphatic rings. The van der Waals surface area contributed by atoms with E-state index in [1.54, 1.807) is 18.3 Å². The van der Waals surface area contributed by atoms with Crippen LogP contribution in [0, 0.1) is 5.82 Å². The van der Waals surface area contributed by atoms with Crippen LogP contribution in [0.2, 0.25) is 0 Å². The smallest absolute Gasteiger partial charge is 0.218 e. The third kappa shape index (κ3) is 6.08. The Morgan fingerprint density at radius 2 is 1.97 bits per heavy atom. The molecular weight excluding hydrogens is 397 g/mol. The van der Waals surface area contributed by atoms with E-state index in [-0.39, 0.29) is 12.3 Å². The fourth-order valence-electron chi connectivity index (χ4n) is 3.00. The van der Waals surface area contributed by atoms with E-state index in [1.165, 1.54) is 30.2 Å². The van der Waals surface area contributed by atoms with Crippen LogP contribution < -0.4 is 4.74 Å². The Hall–Kier alpha value is -3.81. The van der Waals surface area contributed by atoms with Gasteiger partial charge in [-0.15, -0.1) is 5.10 Å². The molecule has 0 aliphatic carbocycles. The second-order valence-corrected chi connectivity index (χ2v) is 6.94. The second kappa shape index (κ2) is 10.3. The van der Waals surface area contributed by atoms with Gasteiger partial charge in [-0.1, -0.05) is 17.3 Å². The van der Waals surface area contributed by atoms with Crippen molar-refractivity contribution in [1.82, 2.24) is 25.0 Å². The number of aromatic nitrogens is 5. The predicted octanol–water partition coefficient (Wildman–Crippen LogP) is 4.57. The fourth-order valence-corrected chi connectivity index (χ4v) is 3.00. The van der Waals surface area contributed by atoms with Crippen LogP contribution in [0.25, 0.3) is 12.2 Å². The molecule has 3 aromatic heterocycles. The maximum Gasteiger partial charge on any atom is 0.218 e. The molecule has 3 heterocycles. The van der Waals surface area contributed by atoms with E-state index in [1.807, 2.05) is 23.0 Å². The maximum absolute atomic E-state index is 13.6. The number of rotatable bonds is 10. The van der Waals surface area contributed by atoms with Gasteiger partial charge in [0.1, 0.15) is 30.1 Å². The fraction of sp³-hybridized carbons (Fsp3) is 0.217. The lowest BCUT2D eigenvalue weighted by atomic mass is 10.1. The van der Waals surface area contributed by atoms with Crippen molar-refractivity contribution in [3.8, 4) is 5.75 Å². The molecule has 0 aliphatic heterocycles. The van der Waals surface area contributed by atoms with Gasteiger partial charge in [0.25, 0.3) is 0 Å². The highest BCUT2D eigenvalue weighted by Crippen LogP contribution is 2.16. The van der Waals surface area contributed by atoms with Crippen molar-refractivity contribution < 1.29 is 13.5 Å². The van der Waals surface area contributed by atoms with E-state index in [0.29, 0.717) is 11.6 Å². The number of benzene rings is 1. The summed E-state index contributed by atoms with van der Waals surface area (Å²) in [6.07, 6.45) is 12.9. The Bertz CT molecular complexity index is 1110. The Labute approximate surface area is 179 Å². The number of halogens is 1. The molecule has 0 atom stereocenters. The Morgan fingerprint density at radius 1 is 1.06 bits per heavy atom. The van der Waals surface area contributed by atoms with Crippen LogP contribution in [0.3, 0.4) is 0 Å². The molecule has 4 rings (SSSR count). The summed E-state index contributed by atoms with van der Waals surface area (Å²) in [6, 6.07) is 11.0. The molecule has 0 N–H and O–H groups in total. The SMILES string of the molecule is Fc1cccnc1/C=C/c1nc(COc2ccc(CCCCn3ccnn3)cc2)co1. The number of aryl methyl sites for hydroxylation is 2. The van der Waals surface area contributed by atoms with Crippen LogP contribution in [-0.2, 0) is 19.6 Å². The van der Waals surface area contributed by atoms with E-state index >= 15 is 0 Å². The molecule has 8 heteroatoms. The number of unbranched alkanes of at least 4 members (excludes halogenated alkanes) is 1. The summed E-state index contributed by atoms with van der Waals surface area (Å²) in [6.45, 7) is 1.17. The Morgan fingerprint density at radius 3 is 2.77 bits per heavy atom. The molecule has 7 nitrogen and oxygen atoms in total. The molecule has 0 amide bonds. The van der Waals surface area contributed by atoms with Gasteiger partial charge in [-0.2, -0.15) is 0 Å². The zero-order chi connectivity index (χ0) is 21.3. The van der Waals surface area contributed by atoms with Gasteiger partial charge in [0.2, 0.25) is 5.89 Å². The first-order valence-corrected chi connectivity index (χ1v) is 10.0. The van der Waals surface area contributed by atoms with Crippen molar-refractivity contribution in [1.29, 1.82) is 0 Å². The lowest BCUT2D eigenvalue weighted by Crippen LogP contribution is -1.99. The predicted molar refractivity (Wildman–Crippen MR) is 113 cm³/mol. The molecule has 0 bridgehead atoms. The number of oxazole rings is 1. The number of ether oxygens (including phenoxy) is 1. The molecular formula is C23H22FN5O2. The van der Waals surface area contributed by atoms with Gasteiger partial charge >= 0.3 is 0 Å². The van der Waals surface area contributed by atoms with Gasteiger partial charge in [-0.25, -0.2) is 9.37 Å². The van der Waals surface area contributed by atoms with E-state index < -0.39 is 5.82 Å². The first-order valence-electron chi connectivity index (χ1n) is 10.0. The first kappa shape index (κ1) is 20.5. The Kier molecular flexibility index (Phi) is 6.79. The number of pyridine rings is 1. The van der Waals surface area contributed by atoms with Gasteiger partial charge in [0.15, 0.2) is 0 Å². The van der Waals surface area contributed by atoms with Gasteiger partial charge in [0, 0.05) is 25.0 Å². The third-order valence-corrected chi connectivity index (χ3v) is 4.62. The number of nitrogens with zero attached hydrogens (tertiary/aromatic N) is 5. The second-order valence-electron chi connectivity index (χ2n) is 6.94. The first-order chi connectivity index (χ1) is 15.3. The highest BCUT2D eigenvalue weighted by atomic mass is 19.1. The van der Waals surface area contributed by atoms with Gasteiger partial charge in [0.05, 0.1) is 11.9 Å². The Balaban J connectivity index is 1.22. The largest absolute Gasteiger partial charge is 0.487 e. The molecule has 158 valence electrons. The van der Waals surface area contributed by atoms with Crippen molar-refractivity contribution in [2.24, 2.45) is 0 Å². The van der Waals surface area contributed by atoms with Crippen LogP contribution in [0.1, 0.15) is 35.7 Å². The van der Waals surface area contributed by atoms with Crippen molar-refractivity contribution in [2.45, 2.75) is 32.4 Å². The summed E-state index contributed by atoms with van der Waals surface area (Å²) in [5, 5.41) is 7.77. The molecule has 0 spiro atoms. The van der Waals surface area contributed by atoms with Crippen LogP contribution in [-0.4, -0.2) is 25.0 Å². The summed E-state index contributed by atoms with van der Waals surface area (Å²) in [7, 11) is 0. The van der Waals surface area contributed by atoms with Gasteiger partial charge in [-0.3, -0.25) is 9.67 Å². The van der Waals surface area contributed by atoms with Crippen molar-refractivity contribution in [2.75, 3.05) is 0 Å². The molecule has 31 heavy (non-hydrogen) atoms. The summed E-state index contributed by atoms with van der Waals surface area (Å²) in [4.78, 5) is 8.27. The van der Waals surface area contributed by atoms with Crippen molar-refractivity contribution in [3.63, 3.8) is 0 Å². The average Bonchev–Trinajstić information content (AvgIpc) is 3.48. The van der Waals surface area contributed by atoms with E-state index in [4.69, 9.17) is 9.15 Å².